The summed E-state index contributed by atoms with van der Waals surface area (Å²) in [4.78, 5) is 14.6. The Morgan fingerprint density at radius 1 is 0.519 bits per heavy atom. The molecule has 0 atom stereocenters. The molecule has 3 aromatic heterocycles. The number of rotatable bonds is 5. The highest BCUT2D eigenvalue weighted by Crippen LogP contribution is 2.41. The molecule has 0 aliphatic rings. The summed E-state index contributed by atoms with van der Waals surface area (Å²) in [6.07, 6.45) is 3.60. The Bertz CT molecular complexity index is 2370. The number of imidazole rings is 1. The van der Waals surface area contributed by atoms with Gasteiger partial charge in [-0.15, -0.1) is 0 Å². The third-order valence-electron chi connectivity index (χ3n) is 9.88. The number of aromatic hydroxyl groups is 1. The molecule has 0 saturated heterocycles. The predicted molar refractivity (Wildman–Crippen MR) is 216 cm³/mol. The van der Waals surface area contributed by atoms with Crippen LogP contribution in [0.5, 0.6) is 5.88 Å². The fourth-order valence-corrected chi connectivity index (χ4v) is 6.68. The topological polar surface area (TPSA) is 63.8 Å². The fourth-order valence-electron chi connectivity index (χ4n) is 6.68. The molecule has 0 bridgehead atoms. The van der Waals surface area contributed by atoms with E-state index in [-0.39, 0.29) is 22.1 Å². The quantitative estimate of drug-likeness (QED) is 0.196. The van der Waals surface area contributed by atoms with Crippen molar-refractivity contribution >= 4 is 11.0 Å². The van der Waals surface area contributed by atoms with Crippen LogP contribution in [0.3, 0.4) is 0 Å². The molecule has 5 nitrogen and oxygen atoms in total. The van der Waals surface area contributed by atoms with Crippen molar-refractivity contribution in [3.05, 3.63) is 138 Å². The van der Waals surface area contributed by atoms with Crippen LogP contribution >= 0.6 is 0 Å². The molecular weight excluding hydrogens is 637 g/mol. The zero-order valence-corrected chi connectivity index (χ0v) is 31.8. The monoisotopic (exact) mass is 684 g/mol. The molecule has 0 aliphatic heterocycles. The van der Waals surface area contributed by atoms with Crippen molar-refractivity contribution < 1.29 is 5.11 Å². The fraction of sp³-hybridized carbons (Fsp3) is 0.255. The molecule has 262 valence electrons. The van der Waals surface area contributed by atoms with Crippen LogP contribution in [0.25, 0.3) is 61.6 Å². The van der Waals surface area contributed by atoms with Crippen molar-refractivity contribution in [3.8, 4) is 56.5 Å². The van der Waals surface area contributed by atoms with Crippen LogP contribution in [-0.4, -0.2) is 24.6 Å². The van der Waals surface area contributed by atoms with Gasteiger partial charge in [-0.1, -0.05) is 117 Å². The molecule has 52 heavy (non-hydrogen) atoms. The molecule has 7 aromatic rings. The van der Waals surface area contributed by atoms with Gasteiger partial charge in [-0.3, -0.25) is 9.55 Å². The normalized spacial score (nSPS) is 12.4. The van der Waals surface area contributed by atoms with Gasteiger partial charge in [-0.2, -0.15) is 0 Å². The second kappa shape index (κ2) is 12.9. The molecule has 0 unspecified atom stereocenters. The van der Waals surface area contributed by atoms with Crippen LogP contribution in [0.1, 0.15) is 79.0 Å². The average Bonchev–Trinajstić information content (AvgIpc) is 3.50. The first kappa shape index (κ1) is 34.9. The van der Waals surface area contributed by atoms with Gasteiger partial charge in [0, 0.05) is 29.2 Å². The maximum absolute atomic E-state index is 11.2. The SMILES string of the molecule is CC(C)(C)c1cc(-c2cc(-c3ccccn3)cc(-c3cccc4c3nc(-c3cc(C(C)(C)C)cnc3O)n4-c3ccccc3)c2)cc(C(C)(C)C)c1. The maximum Gasteiger partial charge on any atom is 0.222 e. The summed E-state index contributed by atoms with van der Waals surface area (Å²) in [5.74, 6) is 0.591. The minimum Gasteiger partial charge on any atom is -0.493 e. The Hall–Kier alpha value is -5.55. The molecule has 1 N–H and O–H groups in total. The third kappa shape index (κ3) is 6.76. The molecule has 0 amide bonds. The Morgan fingerprint density at radius 3 is 1.77 bits per heavy atom. The van der Waals surface area contributed by atoms with Crippen LogP contribution in [0.4, 0.5) is 0 Å². The molecule has 0 aliphatic carbocycles. The average molecular weight is 685 g/mol. The van der Waals surface area contributed by atoms with Gasteiger partial charge in [0.2, 0.25) is 5.88 Å². The van der Waals surface area contributed by atoms with Crippen LogP contribution in [0, 0.1) is 0 Å². The minimum absolute atomic E-state index is 0.0194. The number of aromatic nitrogens is 4. The lowest BCUT2D eigenvalue weighted by molar-refractivity contribution is 0.453. The number of nitrogens with zero attached hydrogens (tertiary/aromatic N) is 4. The first-order chi connectivity index (χ1) is 24.6. The van der Waals surface area contributed by atoms with Gasteiger partial charge in [0.25, 0.3) is 0 Å². The largest absolute Gasteiger partial charge is 0.493 e. The summed E-state index contributed by atoms with van der Waals surface area (Å²) >= 11 is 0. The molecule has 3 heterocycles. The highest BCUT2D eigenvalue weighted by molar-refractivity contribution is 5.97. The number of hydrogen-bond acceptors (Lipinski definition) is 4. The van der Waals surface area contributed by atoms with Gasteiger partial charge < -0.3 is 5.11 Å². The van der Waals surface area contributed by atoms with E-state index in [1.807, 2.05) is 42.6 Å². The summed E-state index contributed by atoms with van der Waals surface area (Å²) in [6.45, 7) is 20.1. The Labute approximate surface area is 308 Å². The second-order valence-electron chi connectivity index (χ2n) is 16.9. The zero-order valence-electron chi connectivity index (χ0n) is 31.8. The smallest absolute Gasteiger partial charge is 0.222 e. The van der Waals surface area contributed by atoms with Crippen LogP contribution in [-0.2, 0) is 16.2 Å². The van der Waals surface area contributed by atoms with E-state index in [2.05, 4.69) is 145 Å². The van der Waals surface area contributed by atoms with E-state index < -0.39 is 0 Å². The molecule has 7 rings (SSSR count). The number of pyridine rings is 2. The molecule has 0 radical (unpaired) electrons. The van der Waals surface area contributed by atoms with Crippen molar-refractivity contribution in [2.24, 2.45) is 0 Å². The van der Waals surface area contributed by atoms with E-state index in [4.69, 9.17) is 9.97 Å². The number of fused-ring (bicyclic) bond motifs is 1. The lowest BCUT2D eigenvalue weighted by atomic mass is 9.78. The Balaban J connectivity index is 1.53. The molecule has 4 aromatic carbocycles. The van der Waals surface area contributed by atoms with Crippen LogP contribution in [0.2, 0.25) is 0 Å². The summed E-state index contributed by atoms with van der Waals surface area (Å²) in [7, 11) is 0. The Kier molecular flexibility index (Phi) is 8.65. The van der Waals surface area contributed by atoms with Crippen LogP contribution < -0.4 is 0 Å². The summed E-state index contributed by atoms with van der Waals surface area (Å²) in [5, 5.41) is 11.2. The molecule has 0 saturated carbocycles. The number of hydrogen-bond donors (Lipinski definition) is 1. The van der Waals surface area contributed by atoms with Crippen LogP contribution in [0.15, 0.2) is 122 Å². The summed E-state index contributed by atoms with van der Waals surface area (Å²) < 4.78 is 2.13. The molecule has 0 fully saturated rings. The molecule has 0 spiro atoms. The molecular formula is C47H48N4O. The van der Waals surface area contributed by atoms with Crippen molar-refractivity contribution in [1.82, 2.24) is 19.5 Å². The highest BCUT2D eigenvalue weighted by atomic mass is 16.3. The van der Waals surface area contributed by atoms with E-state index in [0.717, 1.165) is 50.2 Å². The highest BCUT2D eigenvalue weighted by Gasteiger charge is 2.25. The van der Waals surface area contributed by atoms with E-state index in [1.54, 1.807) is 6.20 Å². The number of para-hydroxylation sites is 2. The van der Waals surface area contributed by atoms with Gasteiger partial charge in [0.1, 0.15) is 0 Å². The minimum atomic E-state index is -0.163. The number of benzene rings is 4. The van der Waals surface area contributed by atoms with Crippen molar-refractivity contribution in [3.63, 3.8) is 0 Å². The first-order valence-corrected chi connectivity index (χ1v) is 18.1. The van der Waals surface area contributed by atoms with Crippen molar-refractivity contribution in [2.75, 3.05) is 0 Å². The Morgan fingerprint density at radius 2 is 1.13 bits per heavy atom. The predicted octanol–water partition coefficient (Wildman–Crippen LogP) is 12.1. The van der Waals surface area contributed by atoms with E-state index in [1.165, 1.54) is 16.7 Å². The lowest BCUT2D eigenvalue weighted by Gasteiger charge is -2.26. The van der Waals surface area contributed by atoms with E-state index >= 15 is 0 Å². The van der Waals surface area contributed by atoms with Crippen molar-refractivity contribution in [1.29, 1.82) is 0 Å². The van der Waals surface area contributed by atoms with Gasteiger partial charge in [0.15, 0.2) is 5.82 Å². The van der Waals surface area contributed by atoms with Gasteiger partial charge in [-0.05, 0) is 104 Å². The van der Waals surface area contributed by atoms with Gasteiger partial charge in [0.05, 0.1) is 22.3 Å². The standard InChI is InChI=1S/C47H48N4O/c1-45(2,3)34-25-31(26-35(27-34)46(4,5)6)30-22-32(24-33(23-30)40-19-13-14-21-48-40)38-18-15-20-41-42(38)50-43(51(41)37-16-11-10-12-17-37)39-28-36(47(7,8)9)29-49-44(39)52/h10-29H,1-9H3,(H,49,52). The van der Waals surface area contributed by atoms with E-state index in [9.17, 15) is 5.11 Å². The first-order valence-electron chi connectivity index (χ1n) is 18.1. The second-order valence-corrected chi connectivity index (χ2v) is 16.9. The maximum atomic E-state index is 11.2. The van der Waals surface area contributed by atoms with E-state index in [0.29, 0.717) is 11.4 Å². The summed E-state index contributed by atoms with van der Waals surface area (Å²) in [5.41, 5.74) is 13.0. The van der Waals surface area contributed by atoms with Crippen molar-refractivity contribution in [2.45, 2.75) is 78.6 Å². The van der Waals surface area contributed by atoms with Gasteiger partial charge in [-0.25, -0.2) is 9.97 Å². The summed E-state index contributed by atoms with van der Waals surface area (Å²) in [6, 6.07) is 38.5. The lowest BCUT2D eigenvalue weighted by Crippen LogP contribution is -2.16. The zero-order chi connectivity index (χ0) is 37.0. The third-order valence-corrected chi connectivity index (χ3v) is 9.88. The van der Waals surface area contributed by atoms with Gasteiger partial charge >= 0.3 is 0 Å². The molecule has 5 heteroatoms.